The van der Waals surface area contributed by atoms with E-state index in [4.69, 9.17) is 9.47 Å². The average Bonchev–Trinajstić information content (AvgIpc) is 3.28. The molecule has 2 aliphatic heterocycles. The van der Waals surface area contributed by atoms with E-state index in [1.165, 1.54) is 5.56 Å². The summed E-state index contributed by atoms with van der Waals surface area (Å²) in [6.07, 6.45) is 2.21. The third-order valence-corrected chi connectivity index (χ3v) is 4.92. The Bertz CT molecular complexity index is 837. The molecule has 2 heterocycles. The number of hydrogen-bond acceptors (Lipinski definition) is 4. The predicted octanol–water partition coefficient (Wildman–Crippen LogP) is 2.38. The number of carbonyl (C=O) groups excluding carboxylic acids is 2. The van der Waals surface area contributed by atoms with Gasteiger partial charge in [0.2, 0.25) is 12.7 Å². The van der Waals surface area contributed by atoms with E-state index < -0.39 is 0 Å². The maximum absolute atomic E-state index is 12.5. The van der Waals surface area contributed by atoms with Crippen molar-refractivity contribution >= 4 is 11.8 Å². The molecular weight excluding hydrogens is 344 g/mol. The van der Waals surface area contributed by atoms with Crippen LogP contribution in [0.2, 0.25) is 0 Å². The largest absolute Gasteiger partial charge is 0.454 e. The van der Waals surface area contributed by atoms with Gasteiger partial charge in [-0.2, -0.15) is 0 Å². The highest BCUT2D eigenvalue weighted by Crippen LogP contribution is 2.32. The molecule has 2 aromatic carbocycles. The van der Waals surface area contributed by atoms with Gasteiger partial charge in [-0.15, -0.1) is 0 Å². The molecule has 4 rings (SSSR count). The van der Waals surface area contributed by atoms with Crippen molar-refractivity contribution in [2.45, 2.75) is 25.3 Å². The molecule has 2 aliphatic rings. The van der Waals surface area contributed by atoms with Crippen LogP contribution in [0.25, 0.3) is 0 Å². The van der Waals surface area contributed by atoms with Crippen molar-refractivity contribution in [3.63, 3.8) is 0 Å². The monoisotopic (exact) mass is 366 g/mol. The number of carbonyl (C=O) groups is 2. The molecule has 6 heteroatoms. The van der Waals surface area contributed by atoms with Crippen LogP contribution in [0.15, 0.2) is 48.5 Å². The molecule has 0 aromatic heterocycles. The maximum atomic E-state index is 12.5. The highest BCUT2D eigenvalue weighted by atomic mass is 16.7. The molecule has 2 aromatic rings. The summed E-state index contributed by atoms with van der Waals surface area (Å²) in [7, 11) is 0. The summed E-state index contributed by atoms with van der Waals surface area (Å²) in [6, 6.07) is 15.2. The van der Waals surface area contributed by atoms with E-state index >= 15 is 0 Å². The number of nitrogens with zero attached hydrogens (tertiary/aromatic N) is 1. The Balaban J connectivity index is 1.28. The topological polar surface area (TPSA) is 67.9 Å². The summed E-state index contributed by atoms with van der Waals surface area (Å²) in [4.78, 5) is 26.6. The van der Waals surface area contributed by atoms with Crippen molar-refractivity contribution in [3.8, 4) is 11.5 Å². The fourth-order valence-corrected chi connectivity index (χ4v) is 3.51. The van der Waals surface area contributed by atoms with Crippen LogP contribution >= 0.6 is 0 Å². The minimum Gasteiger partial charge on any atom is -0.454 e. The van der Waals surface area contributed by atoms with Gasteiger partial charge in [-0.1, -0.05) is 30.3 Å². The zero-order chi connectivity index (χ0) is 18.6. The zero-order valence-corrected chi connectivity index (χ0v) is 15.0. The zero-order valence-electron chi connectivity index (χ0n) is 15.0. The molecule has 0 bridgehead atoms. The minimum atomic E-state index is -0.197. The summed E-state index contributed by atoms with van der Waals surface area (Å²) in [5.74, 6) is 1.12. The summed E-state index contributed by atoms with van der Waals surface area (Å²) in [5.41, 5.74) is 1.78. The normalized spacial score (nSPS) is 18.0. The number of nitrogens with one attached hydrogen (secondary N) is 1. The predicted molar refractivity (Wildman–Crippen MR) is 99.8 cm³/mol. The molecule has 2 amide bonds. The van der Waals surface area contributed by atoms with Crippen molar-refractivity contribution < 1.29 is 19.1 Å². The van der Waals surface area contributed by atoms with Gasteiger partial charge >= 0.3 is 0 Å². The lowest BCUT2D eigenvalue weighted by atomic mass is 10.1. The van der Waals surface area contributed by atoms with Crippen molar-refractivity contribution in [3.05, 3.63) is 59.7 Å². The van der Waals surface area contributed by atoms with E-state index in [1.54, 1.807) is 18.2 Å². The lowest BCUT2D eigenvalue weighted by Gasteiger charge is -2.17. The maximum Gasteiger partial charge on any atom is 0.251 e. The molecule has 1 saturated heterocycles. The molecule has 1 N–H and O–H groups in total. The van der Waals surface area contributed by atoms with Crippen LogP contribution in [0.4, 0.5) is 0 Å². The average molecular weight is 366 g/mol. The first-order valence-corrected chi connectivity index (χ1v) is 9.21. The molecule has 0 unspecified atom stereocenters. The van der Waals surface area contributed by atoms with Crippen LogP contribution < -0.4 is 14.8 Å². The smallest absolute Gasteiger partial charge is 0.251 e. The second-order valence-corrected chi connectivity index (χ2v) is 6.87. The third kappa shape index (κ3) is 4.05. The lowest BCUT2D eigenvalue weighted by Crippen LogP contribution is -2.37. The lowest BCUT2D eigenvalue weighted by molar-refractivity contribution is -0.127. The van der Waals surface area contributed by atoms with Crippen LogP contribution in [0.1, 0.15) is 28.8 Å². The quantitative estimate of drug-likeness (QED) is 0.852. The Morgan fingerprint density at radius 1 is 1.11 bits per heavy atom. The van der Waals surface area contributed by atoms with Gasteiger partial charge in [0, 0.05) is 25.1 Å². The van der Waals surface area contributed by atoms with Crippen LogP contribution in [-0.4, -0.2) is 42.6 Å². The van der Waals surface area contributed by atoms with Crippen molar-refractivity contribution in [1.29, 1.82) is 0 Å². The number of aryl methyl sites for hydroxylation is 1. The van der Waals surface area contributed by atoms with Gasteiger partial charge < -0.3 is 19.7 Å². The molecule has 0 spiro atoms. The number of benzene rings is 2. The van der Waals surface area contributed by atoms with Crippen LogP contribution in [0.3, 0.4) is 0 Å². The van der Waals surface area contributed by atoms with Gasteiger partial charge in [-0.05, 0) is 36.6 Å². The first-order chi connectivity index (χ1) is 13.2. The van der Waals surface area contributed by atoms with Crippen LogP contribution in [-0.2, 0) is 11.2 Å². The molecule has 6 nitrogen and oxygen atoms in total. The van der Waals surface area contributed by atoms with E-state index in [-0.39, 0.29) is 24.6 Å². The Kier molecular flexibility index (Phi) is 4.96. The minimum absolute atomic E-state index is 0.0963. The standard InChI is InChI=1S/C21H22N2O4/c24-20-12-17(13-23(20)10-4-7-15-5-2-1-3-6-15)22-21(25)16-8-9-18-19(11-16)27-14-26-18/h1-3,5-6,8-9,11,17H,4,7,10,12-14H2,(H,22,25)/t17-/m0/s1. The van der Waals surface area contributed by atoms with Crippen molar-refractivity contribution in [2.75, 3.05) is 19.9 Å². The molecule has 1 fully saturated rings. The van der Waals surface area contributed by atoms with Gasteiger partial charge in [0.15, 0.2) is 11.5 Å². The van der Waals surface area contributed by atoms with Gasteiger partial charge in [0.05, 0.1) is 6.04 Å². The SMILES string of the molecule is O=C(N[C@H]1CC(=O)N(CCCc2ccccc2)C1)c1ccc2c(c1)OCO2. The van der Waals surface area contributed by atoms with Crippen molar-refractivity contribution in [1.82, 2.24) is 10.2 Å². The van der Waals surface area contributed by atoms with Crippen LogP contribution in [0, 0.1) is 0 Å². The number of fused-ring (bicyclic) bond motifs is 1. The summed E-state index contributed by atoms with van der Waals surface area (Å²) < 4.78 is 10.6. The van der Waals surface area contributed by atoms with E-state index in [1.807, 2.05) is 23.1 Å². The summed E-state index contributed by atoms with van der Waals surface area (Å²) in [5, 5.41) is 2.96. The fraction of sp³-hybridized carbons (Fsp3) is 0.333. The molecule has 0 saturated carbocycles. The molecule has 0 radical (unpaired) electrons. The van der Waals surface area contributed by atoms with Gasteiger partial charge in [-0.3, -0.25) is 9.59 Å². The highest BCUT2D eigenvalue weighted by molar-refractivity contribution is 5.95. The second kappa shape index (κ2) is 7.70. The number of ether oxygens (including phenoxy) is 2. The molecule has 1 atom stereocenters. The molecule has 27 heavy (non-hydrogen) atoms. The van der Waals surface area contributed by atoms with Crippen LogP contribution in [0.5, 0.6) is 11.5 Å². The Morgan fingerprint density at radius 3 is 2.78 bits per heavy atom. The Hall–Kier alpha value is -3.02. The number of hydrogen-bond donors (Lipinski definition) is 1. The second-order valence-electron chi connectivity index (χ2n) is 6.87. The highest BCUT2D eigenvalue weighted by Gasteiger charge is 2.30. The number of rotatable bonds is 6. The molecular formula is C21H22N2O4. The van der Waals surface area contributed by atoms with Gasteiger partial charge in [0.1, 0.15) is 0 Å². The Labute approximate surface area is 158 Å². The number of likely N-dealkylation sites (tertiary alicyclic amines) is 1. The van der Waals surface area contributed by atoms with E-state index in [0.717, 1.165) is 12.8 Å². The van der Waals surface area contributed by atoms with Gasteiger partial charge in [-0.25, -0.2) is 0 Å². The van der Waals surface area contributed by atoms with Crippen molar-refractivity contribution in [2.24, 2.45) is 0 Å². The fourth-order valence-electron chi connectivity index (χ4n) is 3.51. The Morgan fingerprint density at radius 2 is 1.93 bits per heavy atom. The number of amides is 2. The van der Waals surface area contributed by atoms with E-state index in [2.05, 4.69) is 17.4 Å². The van der Waals surface area contributed by atoms with Gasteiger partial charge in [0.25, 0.3) is 5.91 Å². The molecule has 140 valence electrons. The molecule has 0 aliphatic carbocycles. The summed E-state index contributed by atoms with van der Waals surface area (Å²) >= 11 is 0. The first-order valence-electron chi connectivity index (χ1n) is 9.21. The summed E-state index contributed by atoms with van der Waals surface area (Å²) in [6.45, 7) is 1.45. The first kappa shape index (κ1) is 17.4. The third-order valence-electron chi connectivity index (χ3n) is 4.92. The van der Waals surface area contributed by atoms with E-state index in [0.29, 0.717) is 36.6 Å². The van der Waals surface area contributed by atoms with E-state index in [9.17, 15) is 9.59 Å².